The molecular formula is C19H11Cl3N6. The molecule has 0 unspecified atom stereocenters. The number of hydrogen-bond acceptors (Lipinski definition) is 5. The molecule has 0 aliphatic carbocycles. The van der Waals surface area contributed by atoms with Crippen molar-refractivity contribution < 1.29 is 0 Å². The first-order valence-electron chi connectivity index (χ1n) is 8.09. The summed E-state index contributed by atoms with van der Waals surface area (Å²) in [6.07, 6.45) is 6.70. The van der Waals surface area contributed by atoms with Crippen molar-refractivity contribution in [3.8, 4) is 5.82 Å². The van der Waals surface area contributed by atoms with Gasteiger partial charge in [0.2, 0.25) is 0 Å². The van der Waals surface area contributed by atoms with E-state index in [1.165, 1.54) is 6.20 Å². The van der Waals surface area contributed by atoms with Crippen molar-refractivity contribution in [2.24, 2.45) is 0 Å². The molecule has 3 heterocycles. The van der Waals surface area contributed by atoms with E-state index in [9.17, 15) is 0 Å². The minimum Gasteiger partial charge on any atom is -0.251 e. The molecule has 5 rings (SSSR count). The third kappa shape index (κ3) is 4.20. The van der Waals surface area contributed by atoms with Crippen LogP contribution in [0.5, 0.6) is 0 Å². The normalized spacial score (nSPS) is 10.7. The van der Waals surface area contributed by atoms with Crippen molar-refractivity contribution in [3.05, 3.63) is 82.5 Å². The summed E-state index contributed by atoms with van der Waals surface area (Å²) in [6, 6.07) is 12.6. The zero-order valence-electron chi connectivity index (χ0n) is 14.2. The second-order valence-electron chi connectivity index (χ2n) is 5.64. The number of aromatic nitrogens is 6. The minimum atomic E-state index is 0.393. The van der Waals surface area contributed by atoms with Gasteiger partial charge < -0.3 is 0 Å². The highest BCUT2D eigenvalue weighted by Gasteiger charge is 2.02. The minimum absolute atomic E-state index is 0.393. The summed E-state index contributed by atoms with van der Waals surface area (Å²) in [4.78, 5) is 16.9. The number of fused-ring (bicyclic) bond motifs is 2. The molecule has 138 valence electrons. The lowest BCUT2D eigenvalue weighted by molar-refractivity contribution is 0.846. The van der Waals surface area contributed by atoms with Crippen LogP contribution in [0.3, 0.4) is 0 Å². The lowest BCUT2D eigenvalue weighted by Gasteiger charge is -2.02. The van der Waals surface area contributed by atoms with Crippen LogP contribution in [0.2, 0.25) is 15.2 Å². The van der Waals surface area contributed by atoms with Crippen LogP contribution in [0.25, 0.3) is 27.9 Å². The summed E-state index contributed by atoms with van der Waals surface area (Å²) in [5.41, 5.74) is 3.10. The summed E-state index contributed by atoms with van der Waals surface area (Å²) < 4.78 is 1.67. The standard InChI is InChI=1S/C11H7ClN4.C8H4Cl2N2/c12-8-2-3-9-10(6-8)13-7-11(15-9)16-5-1-4-14-16;9-5-1-2-6-7(3-5)11-4-8(10)12-6/h1-7H;1-4H. The van der Waals surface area contributed by atoms with Gasteiger partial charge in [-0.2, -0.15) is 5.10 Å². The number of hydrogen-bond donors (Lipinski definition) is 0. The third-order valence-corrected chi connectivity index (χ3v) is 4.36. The highest BCUT2D eigenvalue weighted by Crippen LogP contribution is 2.17. The molecule has 0 radical (unpaired) electrons. The van der Waals surface area contributed by atoms with Crippen LogP contribution in [-0.4, -0.2) is 29.7 Å². The van der Waals surface area contributed by atoms with Crippen LogP contribution in [-0.2, 0) is 0 Å². The molecule has 6 nitrogen and oxygen atoms in total. The fourth-order valence-electron chi connectivity index (χ4n) is 2.45. The zero-order chi connectivity index (χ0) is 19.5. The third-order valence-electron chi connectivity index (χ3n) is 3.71. The van der Waals surface area contributed by atoms with Crippen molar-refractivity contribution >= 4 is 56.9 Å². The van der Waals surface area contributed by atoms with Gasteiger partial charge in [-0.3, -0.25) is 9.97 Å². The fraction of sp³-hybridized carbons (Fsp3) is 0. The Morgan fingerprint density at radius 3 is 2.00 bits per heavy atom. The second-order valence-corrected chi connectivity index (χ2v) is 6.90. The van der Waals surface area contributed by atoms with Crippen LogP contribution < -0.4 is 0 Å². The van der Waals surface area contributed by atoms with Gasteiger partial charge in [-0.15, -0.1) is 0 Å². The predicted molar refractivity (Wildman–Crippen MR) is 111 cm³/mol. The Labute approximate surface area is 174 Å². The highest BCUT2D eigenvalue weighted by atomic mass is 35.5. The Morgan fingerprint density at radius 1 is 0.714 bits per heavy atom. The molecule has 0 aliphatic heterocycles. The van der Waals surface area contributed by atoms with E-state index in [1.54, 1.807) is 47.4 Å². The van der Waals surface area contributed by atoms with Crippen LogP contribution in [0.15, 0.2) is 67.3 Å². The molecule has 0 spiro atoms. The summed E-state index contributed by atoms with van der Waals surface area (Å²) >= 11 is 17.3. The largest absolute Gasteiger partial charge is 0.251 e. The lowest BCUT2D eigenvalue weighted by atomic mass is 10.3. The molecule has 0 N–H and O–H groups in total. The van der Waals surface area contributed by atoms with Crippen LogP contribution in [0, 0.1) is 0 Å². The predicted octanol–water partition coefficient (Wildman–Crippen LogP) is 5.41. The van der Waals surface area contributed by atoms with Crippen molar-refractivity contribution in [3.63, 3.8) is 0 Å². The highest BCUT2D eigenvalue weighted by molar-refractivity contribution is 6.31. The molecule has 0 amide bonds. The van der Waals surface area contributed by atoms with Gasteiger partial charge in [0, 0.05) is 22.4 Å². The Morgan fingerprint density at radius 2 is 1.36 bits per heavy atom. The maximum atomic E-state index is 5.87. The molecule has 0 fully saturated rings. The van der Waals surface area contributed by atoms with Crippen molar-refractivity contribution in [1.82, 2.24) is 29.7 Å². The van der Waals surface area contributed by atoms with E-state index >= 15 is 0 Å². The topological polar surface area (TPSA) is 69.4 Å². The van der Waals surface area contributed by atoms with Crippen LogP contribution >= 0.6 is 34.8 Å². The molecule has 0 saturated heterocycles. The van der Waals surface area contributed by atoms with Crippen LogP contribution in [0.4, 0.5) is 0 Å². The summed E-state index contributed by atoms with van der Waals surface area (Å²) in [5.74, 6) is 0.694. The number of halogens is 3. The monoisotopic (exact) mass is 428 g/mol. The Bertz CT molecular complexity index is 1220. The van der Waals surface area contributed by atoms with E-state index in [0.717, 1.165) is 22.1 Å². The smallest absolute Gasteiger partial charge is 0.172 e. The molecule has 2 aromatic carbocycles. The summed E-state index contributed by atoms with van der Waals surface area (Å²) in [6.45, 7) is 0. The van der Waals surface area contributed by atoms with Gasteiger partial charge in [-0.25, -0.2) is 14.6 Å². The van der Waals surface area contributed by atoms with Gasteiger partial charge in [-0.1, -0.05) is 34.8 Å². The maximum Gasteiger partial charge on any atom is 0.172 e. The average molecular weight is 430 g/mol. The van der Waals surface area contributed by atoms with E-state index in [4.69, 9.17) is 34.8 Å². The molecule has 0 saturated carbocycles. The van der Waals surface area contributed by atoms with E-state index in [-0.39, 0.29) is 0 Å². The molecule has 0 atom stereocenters. The SMILES string of the molecule is Clc1ccc2nc(-n3cccn3)cnc2c1.Clc1ccc2nc(Cl)cnc2c1. The lowest BCUT2D eigenvalue weighted by Crippen LogP contribution is -1.99. The van der Waals surface area contributed by atoms with Gasteiger partial charge in [0.05, 0.1) is 34.5 Å². The summed E-state index contributed by atoms with van der Waals surface area (Å²) in [7, 11) is 0. The van der Waals surface area contributed by atoms with Gasteiger partial charge in [-0.05, 0) is 42.5 Å². The first kappa shape index (κ1) is 18.6. The zero-order valence-corrected chi connectivity index (χ0v) is 16.4. The first-order valence-corrected chi connectivity index (χ1v) is 9.22. The van der Waals surface area contributed by atoms with Crippen molar-refractivity contribution in [2.45, 2.75) is 0 Å². The van der Waals surface area contributed by atoms with E-state index in [0.29, 0.717) is 21.0 Å². The Balaban J connectivity index is 0.000000143. The van der Waals surface area contributed by atoms with E-state index in [2.05, 4.69) is 25.0 Å². The average Bonchev–Trinajstić information content (AvgIpc) is 3.23. The van der Waals surface area contributed by atoms with E-state index in [1.807, 2.05) is 18.3 Å². The Hall–Kier alpha value is -2.80. The molecule has 9 heteroatoms. The maximum absolute atomic E-state index is 5.87. The first-order chi connectivity index (χ1) is 13.6. The quantitative estimate of drug-likeness (QED) is 0.356. The van der Waals surface area contributed by atoms with Gasteiger partial charge >= 0.3 is 0 Å². The molecule has 3 aromatic heterocycles. The number of benzene rings is 2. The molecular weight excluding hydrogens is 419 g/mol. The van der Waals surface area contributed by atoms with E-state index < -0.39 is 0 Å². The van der Waals surface area contributed by atoms with Gasteiger partial charge in [0.15, 0.2) is 5.82 Å². The number of nitrogens with zero attached hydrogens (tertiary/aromatic N) is 6. The number of rotatable bonds is 1. The fourth-order valence-corrected chi connectivity index (χ4v) is 2.92. The van der Waals surface area contributed by atoms with Crippen LogP contribution in [0.1, 0.15) is 0 Å². The summed E-state index contributed by atoms with van der Waals surface area (Å²) in [5, 5.41) is 5.81. The van der Waals surface area contributed by atoms with Gasteiger partial charge in [0.25, 0.3) is 0 Å². The second kappa shape index (κ2) is 8.06. The van der Waals surface area contributed by atoms with Crippen molar-refractivity contribution in [2.75, 3.05) is 0 Å². The molecule has 28 heavy (non-hydrogen) atoms. The van der Waals surface area contributed by atoms with Crippen molar-refractivity contribution in [1.29, 1.82) is 0 Å². The molecule has 5 aromatic rings. The molecule has 0 bridgehead atoms. The van der Waals surface area contributed by atoms with Gasteiger partial charge in [0.1, 0.15) is 5.15 Å². The Kier molecular flexibility index (Phi) is 5.34. The molecule has 0 aliphatic rings.